The predicted molar refractivity (Wildman–Crippen MR) is 270 cm³/mol. The van der Waals surface area contributed by atoms with Crippen molar-refractivity contribution in [3.63, 3.8) is 0 Å². The van der Waals surface area contributed by atoms with E-state index in [0.29, 0.717) is 19.4 Å². The number of unbranched alkanes of at least 4 members (excludes halogenated alkanes) is 25. The van der Waals surface area contributed by atoms with E-state index in [2.05, 4.69) is 93.7 Å². The van der Waals surface area contributed by atoms with Gasteiger partial charge in [0.05, 0.1) is 6.61 Å². The first-order chi connectivity index (χ1) is 30.6. The van der Waals surface area contributed by atoms with Gasteiger partial charge in [-0.05, 0) is 103 Å². The maximum absolute atomic E-state index is 12.8. The number of rotatable bonds is 48. The average Bonchev–Trinajstić information content (AvgIpc) is 3.27. The third kappa shape index (κ3) is 50.0. The highest BCUT2D eigenvalue weighted by Crippen LogP contribution is 2.14. The Bertz CT molecular complexity index is 1110. The molecule has 0 aromatic heterocycles. The van der Waals surface area contributed by atoms with E-state index in [1.807, 2.05) is 0 Å². The van der Waals surface area contributed by atoms with Gasteiger partial charge in [-0.1, -0.05) is 209 Å². The van der Waals surface area contributed by atoms with Crippen molar-refractivity contribution in [2.24, 2.45) is 0 Å². The van der Waals surface area contributed by atoms with Gasteiger partial charge in [0.15, 0.2) is 6.10 Å². The van der Waals surface area contributed by atoms with E-state index in [4.69, 9.17) is 14.2 Å². The summed E-state index contributed by atoms with van der Waals surface area (Å²) >= 11 is 0. The summed E-state index contributed by atoms with van der Waals surface area (Å²) < 4.78 is 17.3. The molecule has 5 heteroatoms. The molecule has 0 amide bonds. The largest absolute Gasteiger partial charge is 0.462 e. The van der Waals surface area contributed by atoms with E-state index in [1.54, 1.807) is 0 Å². The molecule has 0 bridgehead atoms. The number of carbonyl (C=O) groups excluding carboxylic acids is 2. The molecule has 0 radical (unpaired) electrons. The molecule has 0 saturated carbocycles. The number of esters is 2. The monoisotopic (exact) mass is 865 g/mol. The van der Waals surface area contributed by atoms with Crippen LogP contribution in [-0.2, 0) is 23.8 Å². The molecular weight excluding hydrogens is 765 g/mol. The van der Waals surface area contributed by atoms with Crippen LogP contribution in [0.25, 0.3) is 0 Å². The maximum Gasteiger partial charge on any atom is 0.306 e. The SMILES string of the molecule is CC/C=C\C/C=C\C/C=C\C/C=C\CCCOCC(COC(=O)CCCCCCCCCCC/C=C\CCCCCCCC)OC(=O)CCCCCCC/C=C\CCCCCC. The predicted octanol–water partition coefficient (Wildman–Crippen LogP) is 17.9. The lowest BCUT2D eigenvalue weighted by Crippen LogP contribution is -2.30. The first-order valence-electron chi connectivity index (χ1n) is 26.5. The van der Waals surface area contributed by atoms with Gasteiger partial charge >= 0.3 is 11.9 Å². The first kappa shape index (κ1) is 59.3. The van der Waals surface area contributed by atoms with E-state index >= 15 is 0 Å². The minimum Gasteiger partial charge on any atom is -0.462 e. The number of allylic oxidation sites excluding steroid dienone is 12. The van der Waals surface area contributed by atoms with Crippen molar-refractivity contribution in [2.75, 3.05) is 19.8 Å². The van der Waals surface area contributed by atoms with Gasteiger partial charge in [0, 0.05) is 19.4 Å². The summed E-state index contributed by atoms with van der Waals surface area (Å²) in [4.78, 5) is 25.4. The van der Waals surface area contributed by atoms with E-state index in [0.717, 1.165) is 77.0 Å². The smallest absolute Gasteiger partial charge is 0.306 e. The minimum atomic E-state index is -0.571. The number of hydrogen-bond donors (Lipinski definition) is 0. The third-order valence-corrected chi connectivity index (χ3v) is 11.2. The minimum absolute atomic E-state index is 0.0580. The Balaban J connectivity index is 4.30. The standard InChI is InChI=1S/C57H100O5/c1-4-7-10-13-16-19-22-25-27-28-29-30-31-33-35-38-41-44-47-50-56(58)61-54-55(53-60-52-49-46-43-40-37-34-26-23-20-17-14-11-8-5-2)62-57(59)51-48-45-42-39-36-32-24-21-18-15-12-9-6-3/h8,11,17,20-21,24-27,34,40,43,55H,4-7,9-10,12-16,18-19,22-23,28-33,35-39,41-42,44-54H2,1-3H3/b11-8-,20-17-,24-21-,27-25-,34-26-,43-40-. The van der Waals surface area contributed by atoms with Crippen LogP contribution >= 0.6 is 0 Å². The van der Waals surface area contributed by atoms with Crippen molar-refractivity contribution in [2.45, 2.75) is 258 Å². The molecule has 0 saturated heterocycles. The second-order valence-electron chi connectivity index (χ2n) is 17.4. The van der Waals surface area contributed by atoms with Crippen LogP contribution in [0, 0.1) is 0 Å². The fourth-order valence-electron chi connectivity index (χ4n) is 7.27. The maximum atomic E-state index is 12.8. The summed E-state index contributed by atoms with van der Waals surface area (Å²) in [5, 5.41) is 0. The summed E-state index contributed by atoms with van der Waals surface area (Å²) in [5.74, 6) is -0.436. The van der Waals surface area contributed by atoms with Gasteiger partial charge in [0.25, 0.3) is 0 Å². The van der Waals surface area contributed by atoms with Crippen LogP contribution in [0.4, 0.5) is 0 Å². The highest BCUT2D eigenvalue weighted by Gasteiger charge is 2.17. The van der Waals surface area contributed by atoms with Crippen LogP contribution < -0.4 is 0 Å². The van der Waals surface area contributed by atoms with Crippen molar-refractivity contribution in [3.8, 4) is 0 Å². The second kappa shape index (κ2) is 52.7. The topological polar surface area (TPSA) is 61.8 Å². The zero-order valence-corrected chi connectivity index (χ0v) is 41.1. The van der Waals surface area contributed by atoms with Gasteiger partial charge in [-0.25, -0.2) is 0 Å². The van der Waals surface area contributed by atoms with Crippen LogP contribution in [0.3, 0.4) is 0 Å². The van der Waals surface area contributed by atoms with Crippen molar-refractivity contribution < 1.29 is 23.8 Å². The number of carbonyl (C=O) groups is 2. The Morgan fingerprint density at radius 1 is 0.371 bits per heavy atom. The Labute approximate surface area is 385 Å². The van der Waals surface area contributed by atoms with Crippen molar-refractivity contribution in [3.05, 3.63) is 72.9 Å². The molecule has 0 aliphatic rings. The zero-order chi connectivity index (χ0) is 44.9. The second-order valence-corrected chi connectivity index (χ2v) is 17.4. The Morgan fingerprint density at radius 2 is 0.726 bits per heavy atom. The summed E-state index contributed by atoms with van der Waals surface area (Å²) in [5.41, 5.74) is 0. The number of hydrogen-bond acceptors (Lipinski definition) is 5. The van der Waals surface area contributed by atoms with Crippen molar-refractivity contribution in [1.82, 2.24) is 0 Å². The van der Waals surface area contributed by atoms with E-state index in [-0.39, 0.29) is 25.2 Å². The van der Waals surface area contributed by atoms with Gasteiger partial charge in [-0.3, -0.25) is 9.59 Å². The van der Waals surface area contributed by atoms with Gasteiger partial charge in [-0.2, -0.15) is 0 Å². The lowest BCUT2D eigenvalue weighted by molar-refractivity contribution is -0.163. The molecule has 358 valence electrons. The van der Waals surface area contributed by atoms with Gasteiger partial charge in [0.1, 0.15) is 6.61 Å². The molecule has 1 unspecified atom stereocenters. The van der Waals surface area contributed by atoms with Crippen molar-refractivity contribution >= 4 is 11.9 Å². The van der Waals surface area contributed by atoms with Crippen LogP contribution in [0.5, 0.6) is 0 Å². The average molecular weight is 865 g/mol. The fraction of sp³-hybridized carbons (Fsp3) is 0.754. The highest BCUT2D eigenvalue weighted by molar-refractivity contribution is 5.70. The van der Waals surface area contributed by atoms with Gasteiger partial charge in [0.2, 0.25) is 0 Å². The summed E-state index contributed by atoms with van der Waals surface area (Å²) in [7, 11) is 0. The van der Waals surface area contributed by atoms with Crippen LogP contribution in [0.15, 0.2) is 72.9 Å². The van der Waals surface area contributed by atoms with E-state index in [9.17, 15) is 9.59 Å². The molecule has 0 spiro atoms. The summed E-state index contributed by atoms with van der Waals surface area (Å²) in [6.45, 7) is 7.56. The molecule has 0 heterocycles. The zero-order valence-electron chi connectivity index (χ0n) is 41.1. The molecule has 0 aliphatic heterocycles. The molecule has 0 aliphatic carbocycles. The Hall–Kier alpha value is -2.66. The Morgan fingerprint density at radius 3 is 1.19 bits per heavy atom. The molecule has 0 N–H and O–H groups in total. The molecule has 0 aromatic rings. The van der Waals surface area contributed by atoms with Crippen LogP contribution in [-0.4, -0.2) is 37.9 Å². The fourth-order valence-corrected chi connectivity index (χ4v) is 7.27. The van der Waals surface area contributed by atoms with Gasteiger partial charge in [-0.15, -0.1) is 0 Å². The van der Waals surface area contributed by atoms with E-state index in [1.165, 1.54) is 141 Å². The summed E-state index contributed by atoms with van der Waals surface area (Å²) in [6.07, 6.45) is 67.8. The normalized spacial score (nSPS) is 12.8. The molecule has 0 rings (SSSR count). The molecule has 0 fully saturated rings. The summed E-state index contributed by atoms with van der Waals surface area (Å²) in [6, 6.07) is 0. The van der Waals surface area contributed by atoms with Crippen molar-refractivity contribution in [1.29, 1.82) is 0 Å². The van der Waals surface area contributed by atoms with Crippen LogP contribution in [0.1, 0.15) is 252 Å². The lowest BCUT2D eigenvalue weighted by atomic mass is 10.1. The van der Waals surface area contributed by atoms with Crippen LogP contribution in [0.2, 0.25) is 0 Å². The van der Waals surface area contributed by atoms with E-state index < -0.39 is 6.10 Å². The molecule has 1 atom stereocenters. The third-order valence-electron chi connectivity index (χ3n) is 11.2. The number of ether oxygens (including phenoxy) is 3. The first-order valence-corrected chi connectivity index (χ1v) is 26.5. The quantitative estimate of drug-likeness (QED) is 0.0346. The lowest BCUT2D eigenvalue weighted by Gasteiger charge is -2.18. The highest BCUT2D eigenvalue weighted by atomic mass is 16.6. The Kier molecular flexibility index (Phi) is 50.4. The molecule has 0 aromatic carbocycles. The molecule has 62 heavy (non-hydrogen) atoms. The molecule has 5 nitrogen and oxygen atoms in total. The molecular formula is C57H100O5. The van der Waals surface area contributed by atoms with Gasteiger partial charge < -0.3 is 14.2 Å².